The van der Waals surface area contributed by atoms with Crippen LogP contribution in [0, 0.1) is 11.3 Å². The fourth-order valence-corrected chi connectivity index (χ4v) is 5.22. The Morgan fingerprint density at radius 3 is 2.93 bits per heavy atom. The molecular weight excluding hydrogens is 376 g/mol. The molecule has 3 heterocycles. The third kappa shape index (κ3) is 3.10. The Hall–Kier alpha value is -3.04. The van der Waals surface area contributed by atoms with E-state index in [-0.39, 0.29) is 5.91 Å². The van der Waals surface area contributed by atoms with Gasteiger partial charge in [0.25, 0.3) is 0 Å². The van der Waals surface area contributed by atoms with Crippen molar-refractivity contribution in [2.75, 3.05) is 49.6 Å². The van der Waals surface area contributed by atoms with Gasteiger partial charge in [-0.15, -0.1) is 0 Å². The molecule has 6 nitrogen and oxygen atoms in total. The SMILES string of the molecule is CN1C(=O)CN2c3c(cccc31)C1CN(CCCOc3ccccc3C#N)CCC12. The maximum atomic E-state index is 12.5. The second-order valence-electron chi connectivity index (χ2n) is 8.37. The molecule has 1 amide bonds. The lowest BCUT2D eigenvalue weighted by Crippen LogP contribution is -2.51. The van der Waals surface area contributed by atoms with Crippen LogP contribution in [0.1, 0.15) is 29.9 Å². The number of likely N-dealkylation sites (tertiary alicyclic amines) is 1. The summed E-state index contributed by atoms with van der Waals surface area (Å²) in [4.78, 5) is 19.1. The maximum Gasteiger partial charge on any atom is 0.246 e. The predicted octanol–water partition coefficient (Wildman–Crippen LogP) is 2.98. The first-order valence-electron chi connectivity index (χ1n) is 10.7. The van der Waals surface area contributed by atoms with E-state index in [2.05, 4.69) is 34.1 Å². The normalized spacial score (nSPS) is 22.5. The van der Waals surface area contributed by atoms with Gasteiger partial charge >= 0.3 is 0 Å². The maximum absolute atomic E-state index is 12.5. The summed E-state index contributed by atoms with van der Waals surface area (Å²) in [6, 6.07) is 16.4. The summed E-state index contributed by atoms with van der Waals surface area (Å²) in [7, 11) is 1.88. The number of piperidine rings is 1. The van der Waals surface area contributed by atoms with Gasteiger partial charge in [0.2, 0.25) is 5.91 Å². The third-order valence-corrected chi connectivity index (χ3v) is 6.72. The molecule has 2 aromatic rings. The van der Waals surface area contributed by atoms with Gasteiger partial charge in [-0.2, -0.15) is 5.26 Å². The van der Waals surface area contributed by atoms with E-state index in [4.69, 9.17) is 4.74 Å². The van der Waals surface area contributed by atoms with Crippen LogP contribution in [0.4, 0.5) is 11.4 Å². The van der Waals surface area contributed by atoms with Crippen molar-refractivity contribution >= 4 is 17.3 Å². The number of fused-ring (bicyclic) bond motifs is 3. The number of carbonyl (C=O) groups excluding carboxylic acids is 1. The minimum atomic E-state index is 0.178. The highest BCUT2D eigenvalue weighted by atomic mass is 16.5. The molecule has 0 aromatic heterocycles. The van der Waals surface area contributed by atoms with Crippen LogP contribution in [-0.2, 0) is 4.79 Å². The van der Waals surface area contributed by atoms with E-state index in [0.717, 1.165) is 38.2 Å². The van der Waals surface area contributed by atoms with E-state index in [9.17, 15) is 10.1 Å². The van der Waals surface area contributed by atoms with E-state index in [0.29, 0.717) is 36.4 Å². The van der Waals surface area contributed by atoms with E-state index < -0.39 is 0 Å². The average Bonchev–Trinajstić information content (AvgIpc) is 3.09. The van der Waals surface area contributed by atoms with Crippen molar-refractivity contribution in [3.63, 3.8) is 0 Å². The Labute approximate surface area is 177 Å². The smallest absolute Gasteiger partial charge is 0.246 e. The van der Waals surface area contributed by atoms with Gasteiger partial charge in [-0.1, -0.05) is 24.3 Å². The van der Waals surface area contributed by atoms with Crippen LogP contribution in [0.25, 0.3) is 0 Å². The summed E-state index contributed by atoms with van der Waals surface area (Å²) >= 11 is 0. The van der Waals surface area contributed by atoms with Crippen LogP contribution in [0.5, 0.6) is 5.75 Å². The van der Waals surface area contributed by atoms with Gasteiger partial charge in [0.05, 0.1) is 30.1 Å². The van der Waals surface area contributed by atoms with Crippen LogP contribution in [0.3, 0.4) is 0 Å². The van der Waals surface area contributed by atoms with Gasteiger partial charge in [0.15, 0.2) is 0 Å². The van der Waals surface area contributed by atoms with E-state index >= 15 is 0 Å². The highest BCUT2D eigenvalue weighted by Gasteiger charge is 2.46. The number of para-hydroxylation sites is 2. The fourth-order valence-electron chi connectivity index (χ4n) is 5.22. The van der Waals surface area contributed by atoms with Crippen LogP contribution in [0.15, 0.2) is 42.5 Å². The predicted molar refractivity (Wildman–Crippen MR) is 116 cm³/mol. The molecule has 1 saturated heterocycles. The number of benzene rings is 2. The number of anilines is 2. The fraction of sp³-hybridized carbons (Fsp3) is 0.417. The standard InChI is InChI=1S/C24H26N4O2/c1-26-21-8-4-7-18-19-15-27(12-10-20(19)28(24(18)21)16-23(26)29)11-5-13-30-22-9-3-2-6-17(22)14-25/h2-4,6-9,19-20H,5,10-13,15-16H2,1H3. The average molecular weight is 402 g/mol. The first-order chi connectivity index (χ1) is 14.7. The van der Waals surface area contributed by atoms with Crippen molar-refractivity contribution < 1.29 is 9.53 Å². The second-order valence-corrected chi connectivity index (χ2v) is 8.37. The van der Waals surface area contributed by atoms with E-state index in [1.54, 1.807) is 11.0 Å². The molecule has 154 valence electrons. The van der Waals surface area contributed by atoms with Gasteiger partial charge < -0.3 is 19.4 Å². The summed E-state index contributed by atoms with van der Waals surface area (Å²) in [5.41, 5.74) is 4.30. The lowest BCUT2D eigenvalue weighted by atomic mass is 9.89. The zero-order valence-corrected chi connectivity index (χ0v) is 17.3. The van der Waals surface area contributed by atoms with Crippen LogP contribution in [0.2, 0.25) is 0 Å². The lowest BCUT2D eigenvalue weighted by Gasteiger charge is -2.40. The quantitative estimate of drug-likeness (QED) is 0.720. The first-order valence-corrected chi connectivity index (χ1v) is 10.7. The van der Waals surface area contributed by atoms with Crippen molar-refractivity contribution in [3.05, 3.63) is 53.6 Å². The molecule has 0 radical (unpaired) electrons. The molecule has 6 heteroatoms. The molecule has 2 unspecified atom stereocenters. The Morgan fingerprint density at radius 1 is 1.20 bits per heavy atom. The van der Waals surface area contributed by atoms with E-state index in [1.807, 2.05) is 25.2 Å². The number of rotatable bonds is 5. The largest absolute Gasteiger partial charge is 0.492 e. The molecule has 0 N–H and O–H groups in total. The van der Waals surface area contributed by atoms with Crippen LogP contribution < -0.4 is 14.5 Å². The topological polar surface area (TPSA) is 59.8 Å². The highest BCUT2D eigenvalue weighted by Crippen LogP contribution is 2.50. The minimum absolute atomic E-state index is 0.178. The number of hydrogen-bond acceptors (Lipinski definition) is 5. The molecule has 2 atom stereocenters. The van der Waals surface area contributed by atoms with Crippen molar-refractivity contribution in [2.45, 2.75) is 24.8 Å². The molecule has 0 aliphatic carbocycles. The zero-order chi connectivity index (χ0) is 20.7. The summed E-state index contributed by atoms with van der Waals surface area (Å²) in [5, 5.41) is 9.18. The number of hydrogen-bond donors (Lipinski definition) is 0. The molecule has 30 heavy (non-hydrogen) atoms. The number of amides is 1. The third-order valence-electron chi connectivity index (χ3n) is 6.72. The number of nitriles is 1. The summed E-state index contributed by atoms with van der Waals surface area (Å²) < 4.78 is 5.84. The Balaban J connectivity index is 1.23. The summed E-state index contributed by atoms with van der Waals surface area (Å²) in [6.45, 7) is 4.14. The minimum Gasteiger partial charge on any atom is -0.492 e. The number of ether oxygens (including phenoxy) is 1. The number of nitrogens with zero attached hydrogens (tertiary/aromatic N) is 4. The summed E-state index contributed by atoms with van der Waals surface area (Å²) in [6.07, 6.45) is 2.00. The van der Waals surface area contributed by atoms with Gasteiger partial charge in [-0.05, 0) is 36.6 Å². The van der Waals surface area contributed by atoms with Gasteiger partial charge in [0.1, 0.15) is 11.8 Å². The van der Waals surface area contributed by atoms with Crippen molar-refractivity contribution in [3.8, 4) is 11.8 Å². The molecule has 3 aliphatic heterocycles. The molecule has 5 rings (SSSR count). The second kappa shape index (κ2) is 7.66. The molecule has 0 saturated carbocycles. The molecule has 0 bridgehead atoms. The molecule has 0 spiro atoms. The Kier molecular flexibility index (Phi) is 4.84. The van der Waals surface area contributed by atoms with E-state index in [1.165, 1.54) is 11.3 Å². The lowest BCUT2D eigenvalue weighted by molar-refractivity contribution is -0.117. The molecule has 1 fully saturated rings. The summed E-state index contributed by atoms with van der Waals surface area (Å²) in [5.74, 6) is 1.30. The van der Waals surface area contributed by atoms with Gasteiger partial charge in [0, 0.05) is 38.6 Å². The van der Waals surface area contributed by atoms with Gasteiger partial charge in [-0.25, -0.2) is 0 Å². The first kappa shape index (κ1) is 19.0. The van der Waals surface area contributed by atoms with Crippen LogP contribution >= 0.6 is 0 Å². The number of likely N-dealkylation sites (N-methyl/N-ethyl adjacent to an activating group) is 1. The van der Waals surface area contributed by atoms with Crippen molar-refractivity contribution in [2.24, 2.45) is 0 Å². The van der Waals surface area contributed by atoms with Crippen molar-refractivity contribution in [1.82, 2.24) is 4.90 Å². The monoisotopic (exact) mass is 402 g/mol. The Bertz CT molecular complexity index is 1010. The van der Waals surface area contributed by atoms with Gasteiger partial charge in [-0.3, -0.25) is 4.79 Å². The molecular formula is C24H26N4O2. The molecule has 2 aromatic carbocycles. The van der Waals surface area contributed by atoms with Crippen molar-refractivity contribution in [1.29, 1.82) is 5.26 Å². The zero-order valence-electron chi connectivity index (χ0n) is 17.3. The van der Waals surface area contributed by atoms with Crippen LogP contribution in [-0.4, -0.2) is 56.7 Å². The number of carbonyl (C=O) groups is 1. The molecule has 3 aliphatic rings. The highest BCUT2D eigenvalue weighted by molar-refractivity contribution is 6.04. The Morgan fingerprint density at radius 2 is 2.07 bits per heavy atom.